The van der Waals surface area contributed by atoms with Crippen LogP contribution in [0.3, 0.4) is 0 Å². The third kappa shape index (κ3) is 5.74. The number of hydrogen-bond donors (Lipinski definition) is 2. The van der Waals surface area contributed by atoms with E-state index in [2.05, 4.69) is 22.8 Å². The van der Waals surface area contributed by atoms with Crippen LogP contribution in [0, 0.1) is 12.7 Å². The van der Waals surface area contributed by atoms with E-state index in [1.165, 1.54) is 11.6 Å². The molecule has 0 aromatic heterocycles. The van der Waals surface area contributed by atoms with Gasteiger partial charge in [-0.1, -0.05) is 42.5 Å². The fraction of sp³-hybridized carbons (Fsp3) is 0.316. The number of nitrogens with one attached hydrogen (secondary N) is 2. The van der Waals surface area contributed by atoms with E-state index in [1.807, 2.05) is 25.1 Å². The van der Waals surface area contributed by atoms with Crippen LogP contribution in [0.5, 0.6) is 0 Å². The molecular formula is C19H23FN2O. The van der Waals surface area contributed by atoms with Gasteiger partial charge in [0.05, 0.1) is 0 Å². The molecule has 0 fully saturated rings. The van der Waals surface area contributed by atoms with Crippen LogP contribution in [-0.2, 0) is 13.0 Å². The lowest BCUT2D eigenvalue weighted by molar-refractivity contribution is 0.237. The number of benzene rings is 2. The van der Waals surface area contributed by atoms with Gasteiger partial charge in [0.25, 0.3) is 0 Å². The van der Waals surface area contributed by atoms with Gasteiger partial charge in [0, 0.05) is 12.6 Å². The summed E-state index contributed by atoms with van der Waals surface area (Å²) in [4.78, 5) is 11.9. The van der Waals surface area contributed by atoms with E-state index in [1.54, 1.807) is 19.1 Å². The second kappa shape index (κ2) is 8.32. The molecule has 3 nitrogen and oxygen atoms in total. The maximum Gasteiger partial charge on any atom is 0.315 e. The SMILES string of the molecule is Cc1cc(CNC(=O)N[C@@H](C)CCc2ccccc2)ccc1F. The number of hydrogen-bond acceptors (Lipinski definition) is 1. The summed E-state index contributed by atoms with van der Waals surface area (Å²) in [5.41, 5.74) is 2.74. The van der Waals surface area contributed by atoms with Crippen LogP contribution in [0.2, 0.25) is 0 Å². The highest BCUT2D eigenvalue weighted by atomic mass is 19.1. The van der Waals surface area contributed by atoms with E-state index in [4.69, 9.17) is 0 Å². The van der Waals surface area contributed by atoms with Gasteiger partial charge < -0.3 is 10.6 Å². The Morgan fingerprint density at radius 1 is 1.13 bits per heavy atom. The smallest absolute Gasteiger partial charge is 0.315 e. The van der Waals surface area contributed by atoms with Gasteiger partial charge in [0.15, 0.2) is 0 Å². The Balaban J connectivity index is 1.72. The average Bonchev–Trinajstić information content (AvgIpc) is 2.55. The highest BCUT2D eigenvalue weighted by Crippen LogP contribution is 2.09. The first-order chi connectivity index (χ1) is 11.0. The largest absolute Gasteiger partial charge is 0.336 e. The van der Waals surface area contributed by atoms with Crippen molar-refractivity contribution >= 4 is 6.03 Å². The molecule has 2 N–H and O–H groups in total. The lowest BCUT2D eigenvalue weighted by Gasteiger charge is -2.15. The first-order valence-electron chi connectivity index (χ1n) is 7.88. The molecule has 2 aromatic rings. The van der Waals surface area contributed by atoms with Gasteiger partial charge in [-0.25, -0.2) is 9.18 Å². The summed E-state index contributed by atoms with van der Waals surface area (Å²) in [5.74, 6) is -0.229. The molecule has 0 radical (unpaired) electrons. The van der Waals surface area contributed by atoms with Gasteiger partial charge in [-0.2, -0.15) is 0 Å². The molecular weight excluding hydrogens is 291 g/mol. The molecule has 23 heavy (non-hydrogen) atoms. The lowest BCUT2D eigenvalue weighted by atomic mass is 10.1. The summed E-state index contributed by atoms with van der Waals surface area (Å²) in [7, 11) is 0. The normalized spacial score (nSPS) is 11.8. The molecule has 0 saturated carbocycles. The summed E-state index contributed by atoms with van der Waals surface area (Å²) in [5, 5.41) is 5.72. The van der Waals surface area contributed by atoms with Gasteiger partial charge in [0.2, 0.25) is 0 Å². The van der Waals surface area contributed by atoms with E-state index in [-0.39, 0.29) is 17.9 Å². The monoisotopic (exact) mass is 314 g/mol. The Hall–Kier alpha value is -2.36. The minimum absolute atomic E-state index is 0.0881. The number of carbonyl (C=O) groups is 1. The third-order valence-corrected chi connectivity index (χ3v) is 3.76. The maximum absolute atomic E-state index is 13.2. The molecule has 0 aliphatic carbocycles. The van der Waals surface area contributed by atoms with Crippen molar-refractivity contribution in [1.82, 2.24) is 10.6 Å². The van der Waals surface area contributed by atoms with Crippen LogP contribution >= 0.6 is 0 Å². The van der Waals surface area contributed by atoms with Gasteiger partial charge in [-0.15, -0.1) is 0 Å². The Kier molecular flexibility index (Phi) is 6.15. The maximum atomic E-state index is 13.2. The molecule has 0 aliphatic rings. The molecule has 0 aliphatic heterocycles. The van der Waals surface area contributed by atoms with Crippen LogP contribution in [-0.4, -0.2) is 12.1 Å². The topological polar surface area (TPSA) is 41.1 Å². The molecule has 0 heterocycles. The van der Waals surface area contributed by atoms with Crippen molar-refractivity contribution in [2.45, 2.75) is 39.3 Å². The van der Waals surface area contributed by atoms with Gasteiger partial charge in [0.1, 0.15) is 5.82 Å². The molecule has 0 unspecified atom stereocenters. The third-order valence-electron chi connectivity index (χ3n) is 3.76. The summed E-state index contributed by atoms with van der Waals surface area (Å²) >= 11 is 0. The van der Waals surface area contributed by atoms with Crippen LogP contribution in [0.15, 0.2) is 48.5 Å². The first kappa shape index (κ1) is 17.0. The zero-order valence-electron chi connectivity index (χ0n) is 13.6. The summed E-state index contributed by atoms with van der Waals surface area (Å²) in [6.45, 7) is 4.09. The molecule has 0 bridgehead atoms. The quantitative estimate of drug-likeness (QED) is 0.832. The van der Waals surface area contributed by atoms with E-state index in [0.29, 0.717) is 12.1 Å². The van der Waals surface area contributed by atoms with E-state index < -0.39 is 0 Å². The summed E-state index contributed by atoms with van der Waals surface area (Å²) in [6, 6.07) is 14.9. The fourth-order valence-corrected chi connectivity index (χ4v) is 2.37. The molecule has 4 heteroatoms. The highest BCUT2D eigenvalue weighted by molar-refractivity contribution is 5.74. The number of rotatable bonds is 6. The van der Waals surface area contributed by atoms with Crippen molar-refractivity contribution < 1.29 is 9.18 Å². The lowest BCUT2D eigenvalue weighted by Crippen LogP contribution is -2.40. The Morgan fingerprint density at radius 3 is 2.57 bits per heavy atom. The van der Waals surface area contributed by atoms with E-state index in [0.717, 1.165) is 18.4 Å². The van der Waals surface area contributed by atoms with Gasteiger partial charge in [-0.3, -0.25) is 0 Å². The van der Waals surface area contributed by atoms with Crippen molar-refractivity contribution in [1.29, 1.82) is 0 Å². The molecule has 1 atom stereocenters. The van der Waals surface area contributed by atoms with Crippen molar-refractivity contribution in [3.8, 4) is 0 Å². The number of urea groups is 1. The second-order valence-electron chi connectivity index (χ2n) is 5.84. The standard InChI is InChI=1S/C19H23FN2O/c1-14-12-17(10-11-18(14)20)13-21-19(23)22-15(2)8-9-16-6-4-3-5-7-16/h3-7,10-12,15H,8-9,13H2,1-2H3,(H2,21,22,23)/t15-/m0/s1. The minimum Gasteiger partial charge on any atom is -0.336 e. The molecule has 2 amide bonds. The van der Waals surface area contributed by atoms with Crippen molar-refractivity contribution in [3.05, 3.63) is 71.0 Å². The Morgan fingerprint density at radius 2 is 1.87 bits per heavy atom. The number of aryl methyl sites for hydroxylation is 2. The highest BCUT2D eigenvalue weighted by Gasteiger charge is 2.07. The minimum atomic E-state index is -0.229. The summed E-state index contributed by atoms with van der Waals surface area (Å²) in [6.07, 6.45) is 1.81. The second-order valence-corrected chi connectivity index (χ2v) is 5.84. The number of halogens is 1. The van der Waals surface area contributed by atoms with E-state index in [9.17, 15) is 9.18 Å². The van der Waals surface area contributed by atoms with Crippen molar-refractivity contribution in [2.75, 3.05) is 0 Å². The van der Waals surface area contributed by atoms with Crippen molar-refractivity contribution in [2.24, 2.45) is 0 Å². The zero-order chi connectivity index (χ0) is 16.7. The Labute approximate surface area is 136 Å². The number of amides is 2. The predicted molar refractivity (Wildman–Crippen MR) is 90.7 cm³/mol. The summed E-state index contributed by atoms with van der Waals surface area (Å²) < 4.78 is 13.2. The van der Waals surface area contributed by atoms with Crippen LogP contribution in [0.1, 0.15) is 30.0 Å². The molecule has 2 rings (SSSR count). The molecule has 122 valence electrons. The first-order valence-corrected chi connectivity index (χ1v) is 7.88. The van der Waals surface area contributed by atoms with Crippen LogP contribution in [0.4, 0.5) is 9.18 Å². The molecule has 2 aromatic carbocycles. The molecule has 0 saturated heterocycles. The van der Waals surface area contributed by atoms with Crippen molar-refractivity contribution in [3.63, 3.8) is 0 Å². The fourth-order valence-electron chi connectivity index (χ4n) is 2.37. The van der Waals surface area contributed by atoms with Gasteiger partial charge in [-0.05, 0) is 49.4 Å². The predicted octanol–water partition coefficient (Wildman–Crippen LogP) is 3.95. The number of carbonyl (C=O) groups excluding carboxylic acids is 1. The van der Waals surface area contributed by atoms with E-state index >= 15 is 0 Å². The van der Waals surface area contributed by atoms with Crippen LogP contribution in [0.25, 0.3) is 0 Å². The zero-order valence-corrected chi connectivity index (χ0v) is 13.6. The average molecular weight is 314 g/mol. The molecule has 0 spiro atoms. The Bertz CT molecular complexity index is 643. The van der Waals surface area contributed by atoms with Gasteiger partial charge >= 0.3 is 6.03 Å². The van der Waals surface area contributed by atoms with Crippen LogP contribution < -0.4 is 10.6 Å².